The Labute approximate surface area is 140 Å². The van der Waals surface area contributed by atoms with Crippen molar-refractivity contribution in [3.05, 3.63) is 13.2 Å². The molecule has 22 heavy (non-hydrogen) atoms. The van der Waals surface area contributed by atoms with E-state index in [0.29, 0.717) is 19.6 Å². The van der Waals surface area contributed by atoms with Gasteiger partial charge < -0.3 is 20.6 Å². The topological polar surface area (TPSA) is 67.5 Å². The van der Waals surface area contributed by atoms with Gasteiger partial charge in [0, 0.05) is 27.7 Å². The van der Waals surface area contributed by atoms with Gasteiger partial charge in [0.2, 0.25) is 0 Å². The molecule has 0 radical (unpaired) electrons. The molecule has 0 spiro atoms. The molecule has 0 aromatic rings. The zero-order chi connectivity index (χ0) is 18.2. The molecule has 0 saturated carbocycles. The molecule has 4 N–H and O–H groups in total. The second kappa shape index (κ2) is 9.34. The van der Waals surface area contributed by atoms with Gasteiger partial charge in [0.1, 0.15) is 0 Å². The van der Waals surface area contributed by atoms with Crippen molar-refractivity contribution in [2.45, 2.75) is 76.8 Å². The van der Waals surface area contributed by atoms with Crippen LogP contribution >= 0.6 is 0 Å². The smallest absolute Gasteiger partial charge is 0.184 e. The van der Waals surface area contributed by atoms with E-state index in [0.717, 1.165) is 6.04 Å². The highest BCUT2D eigenvalue weighted by Crippen LogP contribution is 2.32. The average molecular weight is 349 g/mol. The fourth-order valence-electron chi connectivity index (χ4n) is 3.14. The molecule has 0 saturated heterocycles. The molecule has 0 aromatic heterocycles. The summed E-state index contributed by atoms with van der Waals surface area (Å²) in [6.45, 7) is 24.5. The zero-order valence-electron chi connectivity index (χ0n) is 16.2. The van der Waals surface area contributed by atoms with Crippen LogP contribution in [0.15, 0.2) is 13.2 Å². The SMILES string of the molecule is C=C.CC(C)(CC(O)(CNCN)C[Si](C)(C)C)O[Si](C)(C)C. The first kappa shape index (κ1) is 24.3. The predicted octanol–water partition coefficient (Wildman–Crippen LogP) is 3.38. The Balaban J connectivity index is 0. The van der Waals surface area contributed by atoms with Crippen LogP contribution in [0.5, 0.6) is 0 Å². The zero-order valence-corrected chi connectivity index (χ0v) is 18.2. The molecular formula is C16H40N2O2Si2. The van der Waals surface area contributed by atoms with Gasteiger partial charge in [-0.2, -0.15) is 0 Å². The van der Waals surface area contributed by atoms with Gasteiger partial charge in [0.15, 0.2) is 8.32 Å². The van der Waals surface area contributed by atoms with Crippen LogP contribution in [0.4, 0.5) is 0 Å². The summed E-state index contributed by atoms with van der Waals surface area (Å²) in [5.74, 6) is 0. The summed E-state index contributed by atoms with van der Waals surface area (Å²) in [6, 6.07) is 0.853. The Bertz CT molecular complexity index is 312. The maximum Gasteiger partial charge on any atom is 0.184 e. The van der Waals surface area contributed by atoms with Gasteiger partial charge in [-0.15, -0.1) is 13.2 Å². The molecule has 0 fully saturated rings. The van der Waals surface area contributed by atoms with Crippen molar-refractivity contribution in [2.75, 3.05) is 13.2 Å². The molecule has 0 aromatic carbocycles. The molecule has 0 rings (SSSR count). The van der Waals surface area contributed by atoms with Crippen LogP contribution in [0.2, 0.25) is 45.3 Å². The van der Waals surface area contributed by atoms with Crippen LogP contribution in [-0.2, 0) is 4.43 Å². The second-order valence-corrected chi connectivity index (χ2v) is 18.6. The Morgan fingerprint density at radius 2 is 1.55 bits per heavy atom. The highest BCUT2D eigenvalue weighted by Gasteiger charge is 2.40. The normalized spacial score (nSPS) is 15.7. The third-order valence-corrected chi connectivity index (χ3v) is 5.68. The van der Waals surface area contributed by atoms with Crippen molar-refractivity contribution < 1.29 is 9.53 Å². The Morgan fingerprint density at radius 3 is 1.86 bits per heavy atom. The van der Waals surface area contributed by atoms with Crippen LogP contribution < -0.4 is 11.1 Å². The number of rotatable bonds is 9. The van der Waals surface area contributed by atoms with Crippen molar-refractivity contribution in [2.24, 2.45) is 5.73 Å². The van der Waals surface area contributed by atoms with Crippen LogP contribution in [0.1, 0.15) is 20.3 Å². The van der Waals surface area contributed by atoms with Gasteiger partial charge in [-0.1, -0.05) is 19.6 Å². The molecule has 0 aliphatic rings. The molecule has 0 aliphatic heterocycles. The number of hydrogen-bond acceptors (Lipinski definition) is 4. The highest BCUT2D eigenvalue weighted by atomic mass is 28.4. The molecular weight excluding hydrogens is 308 g/mol. The average Bonchev–Trinajstić information content (AvgIpc) is 2.22. The standard InChI is InChI=1S/C14H36N2O2Si2.C2H4/c1-13(2,18-20(6,7)8)9-14(17,10-16-12-15)11-19(3,4)5;1-2/h16-17H,9-12,15H2,1-8H3;1-2H2. The summed E-state index contributed by atoms with van der Waals surface area (Å²) in [5.41, 5.74) is 4.48. The number of hydrogen-bond donors (Lipinski definition) is 3. The van der Waals surface area contributed by atoms with E-state index >= 15 is 0 Å². The van der Waals surface area contributed by atoms with Gasteiger partial charge >= 0.3 is 0 Å². The lowest BCUT2D eigenvalue weighted by Crippen LogP contribution is -2.52. The lowest BCUT2D eigenvalue weighted by molar-refractivity contribution is -0.0256. The molecule has 0 bridgehead atoms. The van der Waals surface area contributed by atoms with Gasteiger partial charge in [0.25, 0.3) is 0 Å². The van der Waals surface area contributed by atoms with Crippen LogP contribution in [0, 0.1) is 0 Å². The van der Waals surface area contributed by atoms with Crippen LogP contribution in [0.25, 0.3) is 0 Å². The van der Waals surface area contributed by atoms with Crippen molar-refractivity contribution in [3.8, 4) is 0 Å². The van der Waals surface area contributed by atoms with E-state index in [4.69, 9.17) is 10.2 Å². The molecule has 0 heterocycles. The monoisotopic (exact) mass is 348 g/mol. The quantitative estimate of drug-likeness (QED) is 0.339. The minimum Gasteiger partial charge on any atom is -0.413 e. The summed E-state index contributed by atoms with van der Waals surface area (Å²) in [7, 11) is -3.00. The van der Waals surface area contributed by atoms with Crippen molar-refractivity contribution in [3.63, 3.8) is 0 Å². The third kappa shape index (κ3) is 13.7. The van der Waals surface area contributed by atoms with Crippen molar-refractivity contribution in [1.29, 1.82) is 0 Å². The van der Waals surface area contributed by atoms with E-state index in [1.807, 2.05) is 0 Å². The van der Waals surface area contributed by atoms with Gasteiger partial charge in [-0.3, -0.25) is 0 Å². The summed E-state index contributed by atoms with van der Waals surface area (Å²) >= 11 is 0. The minimum atomic E-state index is -1.63. The molecule has 1 atom stereocenters. The molecule has 6 heteroatoms. The Morgan fingerprint density at radius 1 is 1.09 bits per heavy atom. The second-order valence-electron chi connectivity index (χ2n) is 8.74. The fraction of sp³-hybridized carbons (Fsp3) is 0.875. The first-order valence-electron chi connectivity index (χ1n) is 8.01. The Hall–Kier alpha value is 0.0138. The van der Waals surface area contributed by atoms with E-state index < -0.39 is 22.0 Å². The first-order valence-corrected chi connectivity index (χ1v) is 15.1. The van der Waals surface area contributed by atoms with Crippen LogP contribution in [0.3, 0.4) is 0 Å². The maximum absolute atomic E-state index is 11.1. The van der Waals surface area contributed by atoms with E-state index in [9.17, 15) is 5.11 Å². The number of aliphatic hydroxyl groups is 1. The summed E-state index contributed by atoms with van der Waals surface area (Å²) < 4.78 is 6.25. The van der Waals surface area contributed by atoms with Gasteiger partial charge in [-0.05, 0) is 39.5 Å². The fourth-order valence-corrected chi connectivity index (χ4v) is 7.09. The van der Waals surface area contributed by atoms with Crippen LogP contribution in [-0.4, -0.2) is 45.9 Å². The predicted molar refractivity (Wildman–Crippen MR) is 105 cm³/mol. The number of nitrogens with two attached hydrogens (primary N) is 1. The van der Waals surface area contributed by atoms with E-state index in [1.54, 1.807) is 0 Å². The minimum absolute atomic E-state index is 0.310. The summed E-state index contributed by atoms with van der Waals surface area (Å²) in [5, 5.41) is 14.2. The molecule has 134 valence electrons. The van der Waals surface area contributed by atoms with Crippen molar-refractivity contribution >= 4 is 16.4 Å². The van der Waals surface area contributed by atoms with Gasteiger partial charge in [-0.25, -0.2) is 0 Å². The molecule has 0 aliphatic carbocycles. The van der Waals surface area contributed by atoms with E-state index in [2.05, 4.69) is 71.6 Å². The maximum atomic E-state index is 11.1. The van der Waals surface area contributed by atoms with E-state index in [1.165, 1.54) is 0 Å². The third-order valence-electron chi connectivity index (χ3n) is 2.80. The Kier molecular flexibility index (Phi) is 10.3. The lowest BCUT2D eigenvalue weighted by Gasteiger charge is -2.42. The largest absolute Gasteiger partial charge is 0.413 e. The van der Waals surface area contributed by atoms with Gasteiger partial charge in [0.05, 0.1) is 11.2 Å². The summed E-state index contributed by atoms with van der Waals surface area (Å²) in [6.07, 6.45) is 0.640. The number of nitrogens with one attached hydrogen (secondary N) is 1. The van der Waals surface area contributed by atoms with E-state index in [-0.39, 0.29) is 5.60 Å². The highest BCUT2D eigenvalue weighted by molar-refractivity contribution is 6.76. The summed E-state index contributed by atoms with van der Waals surface area (Å²) in [4.78, 5) is 0. The molecule has 1 unspecified atom stereocenters. The van der Waals surface area contributed by atoms with Crippen molar-refractivity contribution in [1.82, 2.24) is 5.32 Å². The first-order chi connectivity index (χ1) is 9.68. The molecule has 4 nitrogen and oxygen atoms in total. The lowest BCUT2D eigenvalue weighted by atomic mass is 9.90. The molecule has 0 amide bonds.